The van der Waals surface area contributed by atoms with Crippen LogP contribution in [-0.4, -0.2) is 0 Å². The van der Waals surface area contributed by atoms with Gasteiger partial charge in [-0.05, 0) is 29.7 Å². The summed E-state index contributed by atoms with van der Waals surface area (Å²) in [5, 5.41) is 3.33. The minimum atomic E-state index is 0. The van der Waals surface area contributed by atoms with E-state index in [0.29, 0.717) is 0 Å². The SMILES string of the molecule is Cc1cc(Br)c2c(c1)CNC2.Cl. The van der Waals surface area contributed by atoms with E-state index < -0.39 is 0 Å². The first-order valence-electron chi connectivity index (χ1n) is 3.76. The van der Waals surface area contributed by atoms with E-state index in [1.807, 2.05) is 0 Å². The first kappa shape index (κ1) is 10.0. The van der Waals surface area contributed by atoms with Gasteiger partial charge in [-0.2, -0.15) is 0 Å². The molecule has 12 heavy (non-hydrogen) atoms. The van der Waals surface area contributed by atoms with Crippen LogP contribution in [0.5, 0.6) is 0 Å². The zero-order valence-electron chi connectivity index (χ0n) is 6.86. The molecule has 1 aliphatic rings. The first-order valence-corrected chi connectivity index (χ1v) is 4.55. The van der Waals surface area contributed by atoms with Gasteiger partial charge < -0.3 is 5.32 Å². The van der Waals surface area contributed by atoms with E-state index >= 15 is 0 Å². The molecule has 1 N–H and O–H groups in total. The molecule has 0 aliphatic carbocycles. The summed E-state index contributed by atoms with van der Waals surface area (Å²) in [4.78, 5) is 0. The van der Waals surface area contributed by atoms with Crippen LogP contribution in [0.1, 0.15) is 16.7 Å². The minimum absolute atomic E-state index is 0. The van der Waals surface area contributed by atoms with E-state index in [-0.39, 0.29) is 12.4 Å². The Balaban J connectivity index is 0.000000720. The molecule has 1 aromatic rings. The van der Waals surface area contributed by atoms with Crippen molar-refractivity contribution in [3.8, 4) is 0 Å². The van der Waals surface area contributed by atoms with Gasteiger partial charge in [-0.3, -0.25) is 0 Å². The molecular weight excluding hydrogens is 237 g/mol. The van der Waals surface area contributed by atoms with Gasteiger partial charge in [0.25, 0.3) is 0 Å². The Kier molecular flexibility index (Phi) is 3.16. The second kappa shape index (κ2) is 3.77. The zero-order chi connectivity index (χ0) is 7.84. The lowest BCUT2D eigenvalue weighted by Gasteiger charge is -2.02. The number of benzene rings is 1. The van der Waals surface area contributed by atoms with Crippen molar-refractivity contribution in [1.82, 2.24) is 5.32 Å². The Morgan fingerprint density at radius 1 is 1.33 bits per heavy atom. The normalized spacial score (nSPS) is 13.8. The summed E-state index contributed by atoms with van der Waals surface area (Å²) in [6, 6.07) is 4.42. The summed E-state index contributed by atoms with van der Waals surface area (Å²) in [5.41, 5.74) is 4.20. The molecule has 0 saturated heterocycles. The van der Waals surface area contributed by atoms with E-state index in [1.54, 1.807) is 0 Å². The quantitative estimate of drug-likeness (QED) is 0.744. The Labute approximate surface area is 87.1 Å². The summed E-state index contributed by atoms with van der Waals surface area (Å²) >= 11 is 3.56. The summed E-state index contributed by atoms with van der Waals surface area (Å²) in [6.07, 6.45) is 0. The molecule has 0 atom stereocenters. The Hall–Kier alpha value is -0.0500. The summed E-state index contributed by atoms with van der Waals surface area (Å²) in [6.45, 7) is 4.16. The van der Waals surface area contributed by atoms with Crippen LogP contribution >= 0.6 is 28.3 Å². The lowest BCUT2D eigenvalue weighted by molar-refractivity contribution is 0.764. The maximum atomic E-state index is 3.56. The van der Waals surface area contributed by atoms with E-state index in [4.69, 9.17) is 0 Å². The van der Waals surface area contributed by atoms with Gasteiger partial charge in [0.1, 0.15) is 0 Å². The van der Waals surface area contributed by atoms with Crippen molar-refractivity contribution in [2.75, 3.05) is 0 Å². The molecule has 0 spiro atoms. The number of aryl methyl sites for hydroxylation is 1. The van der Waals surface area contributed by atoms with Crippen molar-refractivity contribution >= 4 is 28.3 Å². The van der Waals surface area contributed by atoms with Gasteiger partial charge in [0, 0.05) is 17.6 Å². The molecule has 0 aromatic heterocycles. The van der Waals surface area contributed by atoms with Gasteiger partial charge in [0.15, 0.2) is 0 Å². The number of halogens is 2. The molecule has 0 unspecified atom stereocenters. The Bertz CT molecular complexity index is 299. The van der Waals surface area contributed by atoms with Crippen LogP contribution in [0.2, 0.25) is 0 Å². The molecule has 0 amide bonds. The molecule has 1 nitrogen and oxygen atoms in total. The Morgan fingerprint density at radius 2 is 2.08 bits per heavy atom. The molecule has 1 heterocycles. The average molecular weight is 249 g/mol. The predicted octanol–water partition coefficient (Wildman–Crippen LogP) is 2.78. The molecule has 1 aromatic carbocycles. The van der Waals surface area contributed by atoms with E-state index in [0.717, 1.165) is 13.1 Å². The van der Waals surface area contributed by atoms with E-state index in [9.17, 15) is 0 Å². The summed E-state index contributed by atoms with van der Waals surface area (Å²) < 4.78 is 1.25. The molecule has 0 radical (unpaired) electrons. The third kappa shape index (κ3) is 1.65. The molecule has 2 rings (SSSR count). The smallest absolute Gasteiger partial charge is 0.0226 e. The standard InChI is InChI=1S/C9H10BrN.ClH/c1-6-2-7-4-11-5-8(7)9(10)3-6;/h2-3,11H,4-5H2,1H3;1H. The third-order valence-corrected chi connectivity index (χ3v) is 2.76. The van der Waals surface area contributed by atoms with E-state index in [2.05, 4.69) is 40.3 Å². The summed E-state index contributed by atoms with van der Waals surface area (Å²) in [5.74, 6) is 0. The topological polar surface area (TPSA) is 12.0 Å². The maximum Gasteiger partial charge on any atom is 0.0226 e. The van der Waals surface area contributed by atoms with Crippen LogP contribution in [0, 0.1) is 6.92 Å². The number of fused-ring (bicyclic) bond motifs is 1. The largest absolute Gasteiger partial charge is 0.309 e. The van der Waals surface area contributed by atoms with Gasteiger partial charge in [-0.25, -0.2) is 0 Å². The second-order valence-electron chi connectivity index (χ2n) is 2.99. The molecule has 0 saturated carbocycles. The summed E-state index contributed by atoms with van der Waals surface area (Å²) in [7, 11) is 0. The fourth-order valence-electron chi connectivity index (χ4n) is 1.52. The number of hydrogen-bond donors (Lipinski definition) is 1. The van der Waals surface area contributed by atoms with Crippen molar-refractivity contribution in [1.29, 1.82) is 0 Å². The number of hydrogen-bond acceptors (Lipinski definition) is 1. The third-order valence-electron chi connectivity index (χ3n) is 2.05. The van der Waals surface area contributed by atoms with Gasteiger partial charge in [0.05, 0.1) is 0 Å². The molecule has 1 aliphatic heterocycles. The highest BCUT2D eigenvalue weighted by atomic mass is 79.9. The van der Waals surface area contributed by atoms with Crippen LogP contribution in [0.3, 0.4) is 0 Å². The van der Waals surface area contributed by atoms with Crippen LogP contribution < -0.4 is 5.32 Å². The maximum absolute atomic E-state index is 3.56. The molecule has 66 valence electrons. The van der Waals surface area contributed by atoms with Crippen molar-refractivity contribution in [3.05, 3.63) is 33.3 Å². The van der Waals surface area contributed by atoms with Crippen LogP contribution in [0.15, 0.2) is 16.6 Å². The number of nitrogens with one attached hydrogen (secondary N) is 1. The lowest BCUT2D eigenvalue weighted by Crippen LogP contribution is -2.00. The lowest BCUT2D eigenvalue weighted by atomic mass is 10.1. The molecule has 0 fully saturated rings. The van der Waals surface area contributed by atoms with Gasteiger partial charge >= 0.3 is 0 Å². The van der Waals surface area contributed by atoms with Crippen LogP contribution in [0.4, 0.5) is 0 Å². The monoisotopic (exact) mass is 247 g/mol. The molecular formula is C9H11BrClN. The molecule has 0 bridgehead atoms. The predicted molar refractivity (Wildman–Crippen MR) is 56.7 cm³/mol. The highest BCUT2D eigenvalue weighted by Crippen LogP contribution is 2.25. The van der Waals surface area contributed by atoms with Gasteiger partial charge in [-0.1, -0.05) is 22.0 Å². The highest BCUT2D eigenvalue weighted by molar-refractivity contribution is 9.10. The average Bonchev–Trinajstić information content (AvgIpc) is 2.34. The van der Waals surface area contributed by atoms with Crippen LogP contribution in [-0.2, 0) is 13.1 Å². The van der Waals surface area contributed by atoms with E-state index in [1.165, 1.54) is 21.2 Å². The first-order chi connectivity index (χ1) is 5.27. The fourth-order valence-corrected chi connectivity index (χ4v) is 2.28. The van der Waals surface area contributed by atoms with Crippen molar-refractivity contribution < 1.29 is 0 Å². The van der Waals surface area contributed by atoms with Gasteiger partial charge in [-0.15, -0.1) is 12.4 Å². The number of rotatable bonds is 0. The fraction of sp³-hybridized carbons (Fsp3) is 0.333. The second-order valence-corrected chi connectivity index (χ2v) is 3.84. The highest BCUT2D eigenvalue weighted by Gasteiger charge is 2.12. The van der Waals surface area contributed by atoms with Crippen molar-refractivity contribution in [2.45, 2.75) is 20.0 Å². The minimum Gasteiger partial charge on any atom is -0.309 e. The van der Waals surface area contributed by atoms with Crippen molar-refractivity contribution in [2.24, 2.45) is 0 Å². The zero-order valence-corrected chi connectivity index (χ0v) is 9.26. The van der Waals surface area contributed by atoms with Crippen LogP contribution in [0.25, 0.3) is 0 Å². The van der Waals surface area contributed by atoms with Crippen molar-refractivity contribution in [3.63, 3.8) is 0 Å². The Morgan fingerprint density at radius 3 is 2.83 bits per heavy atom. The molecule has 3 heteroatoms. The van der Waals surface area contributed by atoms with Gasteiger partial charge in [0.2, 0.25) is 0 Å².